The average Bonchev–Trinajstić information content (AvgIpc) is 3.01. The molecule has 1 N–H and O–H groups in total. The van der Waals surface area contributed by atoms with Gasteiger partial charge < -0.3 is 14.8 Å². The Balaban J connectivity index is 1.49. The number of rotatable bonds is 4. The number of nitrogens with one attached hydrogen (secondary N) is 1. The summed E-state index contributed by atoms with van der Waals surface area (Å²) in [6.07, 6.45) is -4.54. The monoisotopic (exact) mass is 467 g/mol. The van der Waals surface area contributed by atoms with Crippen LogP contribution in [0.3, 0.4) is 0 Å². The van der Waals surface area contributed by atoms with Crippen molar-refractivity contribution in [3.8, 4) is 0 Å². The van der Waals surface area contributed by atoms with Crippen LogP contribution in [0.5, 0.6) is 0 Å². The minimum absolute atomic E-state index is 0.0701. The number of alkyl halides is 3. The van der Waals surface area contributed by atoms with Gasteiger partial charge in [0.1, 0.15) is 16.5 Å². The van der Waals surface area contributed by atoms with Gasteiger partial charge in [0.25, 0.3) is 5.56 Å². The van der Waals surface area contributed by atoms with Crippen LogP contribution in [0, 0.1) is 13.8 Å². The fraction of sp³-hybridized carbons (Fsp3) is 0.500. The summed E-state index contributed by atoms with van der Waals surface area (Å²) in [5.41, 5.74) is -0.138. The molecule has 0 amide bonds. The van der Waals surface area contributed by atoms with Crippen molar-refractivity contribution in [2.45, 2.75) is 26.6 Å². The van der Waals surface area contributed by atoms with E-state index in [0.717, 1.165) is 21.3 Å². The molecule has 12 heteroatoms. The molecule has 8 nitrogen and oxygen atoms in total. The number of piperazine rings is 1. The van der Waals surface area contributed by atoms with E-state index < -0.39 is 11.9 Å². The molecule has 172 valence electrons. The molecule has 3 aromatic rings. The van der Waals surface area contributed by atoms with Crippen molar-refractivity contribution in [3.63, 3.8) is 0 Å². The summed E-state index contributed by atoms with van der Waals surface area (Å²) in [6, 6.07) is 0.950. The van der Waals surface area contributed by atoms with Gasteiger partial charge >= 0.3 is 6.18 Å². The molecule has 1 aliphatic rings. The van der Waals surface area contributed by atoms with E-state index in [4.69, 9.17) is 0 Å². The number of thiophene rings is 1. The summed E-state index contributed by atoms with van der Waals surface area (Å²) in [5, 5.41) is 0.638. The lowest BCUT2D eigenvalue weighted by Gasteiger charge is -2.34. The van der Waals surface area contributed by atoms with Crippen molar-refractivity contribution >= 4 is 33.3 Å². The van der Waals surface area contributed by atoms with E-state index in [1.807, 2.05) is 13.8 Å². The quantitative estimate of drug-likeness (QED) is 0.632. The van der Waals surface area contributed by atoms with E-state index in [-0.39, 0.29) is 17.3 Å². The highest BCUT2D eigenvalue weighted by atomic mass is 32.1. The Labute approximate surface area is 186 Å². The molecular formula is C20H24F3N7OS. The number of aromatic amines is 1. The van der Waals surface area contributed by atoms with E-state index in [2.05, 4.69) is 24.8 Å². The number of hydrogen-bond acceptors (Lipinski definition) is 8. The predicted molar refractivity (Wildman–Crippen MR) is 119 cm³/mol. The minimum Gasteiger partial charge on any atom is -0.363 e. The van der Waals surface area contributed by atoms with Gasteiger partial charge in [-0.05, 0) is 19.4 Å². The molecule has 0 atom stereocenters. The molecule has 3 aromatic heterocycles. The fourth-order valence-electron chi connectivity index (χ4n) is 3.63. The Bertz CT molecular complexity index is 1200. The van der Waals surface area contributed by atoms with Crippen LogP contribution in [-0.4, -0.2) is 65.1 Å². The third kappa shape index (κ3) is 4.42. The highest BCUT2D eigenvalue weighted by Crippen LogP contribution is 2.31. The van der Waals surface area contributed by atoms with Crippen molar-refractivity contribution < 1.29 is 13.2 Å². The molecule has 0 aromatic carbocycles. The van der Waals surface area contributed by atoms with E-state index >= 15 is 0 Å². The van der Waals surface area contributed by atoms with Gasteiger partial charge in [-0.15, -0.1) is 11.3 Å². The zero-order valence-electron chi connectivity index (χ0n) is 18.2. The Kier molecular flexibility index (Phi) is 5.84. The summed E-state index contributed by atoms with van der Waals surface area (Å²) < 4.78 is 39.8. The number of nitrogens with zero attached hydrogens (tertiary/aromatic N) is 6. The molecule has 0 bridgehead atoms. The third-order valence-corrected chi connectivity index (χ3v) is 6.67. The molecule has 0 unspecified atom stereocenters. The van der Waals surface area contributed by atoms with Gasteiger partial charge in [0.2, 0.25) is 5.95 Å². The number of H-pyrrole nitrogens is 1. The molecule has 4 heterocycles. The first-order valence-corrected chi connectivity index (χ1v) is 10.9. The van der Waals surface area contributed by atoms with Gasteiger partial charge in [-0.25, -0.2) is 9.97 Å². The van der Waals surface area contributed by atoms with Crippen molar-refractivity contribution in [1.29, 1.82) is 0 Å². The van der Waals surface area contributed by atoms with Crippen molar-refractivity contribution in [2.24, 2.45) is 0 Å². The van der Waals surface area contributed by atoms with Crippen LogP contribution < -0.4 is 15.4 Å². The molecule has 0 radical (unpaired) electrons. The summed E-state index contributed by atoms with van der Waals surface area (Å²) in [5.74, 6) is 0.865. The molecule has 1 saturated heterocycles. The van der Waals surface area contributed by atoms with Crippen molar-refractivity contribution in [3.05, 3.63) is 38.4 Å². The Morgan fingerprint density at radius 3 is 2.44 bits per heavy atom. The standard InChI is InChI=1S/C20H24F3N7OS/c1-11-12(2)32-18-16(11)17(31)25-14(26-18)10-29-5-7-30(8-6-29)19-24-13(20(21,22)23)9-15(27-19)28(3)4/h9H,5-8,10H2,1-4H3,(H,25,26,31). The van der Waals surface area contributed by atoms with E-state index in [1.165, 1.54) is 16.2 Å². The molecule has 1 fully saturated rings. The summed E-state index contributed by atoms with van der Waals surface area (Å²) in [4.78, 5) is 35.2. The maximum absolute atomic E-state index is 13.3. The zero-order valence-corrected chi connectivity index (χ0v) is 19.1. The number of halogens is 3. The predicted octanol–water partition coefficient (Wildman–Crippen LogP) is 2.80. The van der Waals surface area contributed by atoms with Crippen LogP contribution in [0.25, 0.3) is 10.2 Å². The van der Waals surface area contributed by atoms with Crippen LogP contribution >= 0.6 is 11.3 Å². The lowest BCUT2D eigenvalue weighted by Crippen LogP contribution is -2.47. The van der Waals surface area contributed by atoms with Crippen LogP contribution in [0.4, 0.5) is 24.9 Å². The molecule has 0 saturated carbocycles. The smallest absolute Gasteiger partial charge is 0.363 e. The summed E-state index contributed by atoms with van der Waals surface area (Å²) >= 11 is 1.50. The third-order valence-electron chi connectivity index (χ3n) is 5.57. The zero-order chi connectivity index (χ0) is 23.2. The highest BCUT2D eigenvalue weighted by Gasteiger charge is 2.35. The fourth-order valence-corrected chi connectivity index (χ4v) is 4.68. The molecular weight excluding hydrogens is 443 g/mol. The first-order chi connectivity index (χ1) is 15.0. The lowest BCUT2D eigenvalue weighted by molar-refractivity contribution is -0.141. The Hall–Kier alpha value is -2.73. The van der Waals surface area contributed by atoms with Crippen LogP contribution in [-0.2, 0) is 12.7 Å². The first-order valence-electron chi connectivity index (χ1n) is 10.1. The second kappa shape index (κ2) is 8.32. The SMILES string of the molecule is Cc1sc2nc(CN3CCN(c4nc(N(C)C)cc(C(F)(F)F)n4)CC3)[nH]c(=O)c2c1C. The Morgan fingerprint density at radius 2 is 1.81 bits per heavy atom. The van der Waals surface area contributed by atoms with Crippen molar-refractivity contribution in [1.82, 2.24) is 24.8 Å². The maximum atomic E-state index is 13.3. The average molecular weight is 468 g/mol. The molecule has 1 aliphatic heterocycles. The van der Waals surface area contributed by atoms with Crippen LogP contribution in [0.1, 0.15) is 22.0 Å². The summed E-state index contributed by atoms with van der Waals surface area (Å²) in [6.45, 7) is 6.46. The lowest BCUT2D eigenvalue weighted by atomic mass is 10.2. The number of anilines is 2. The van der Waals surface area contributed by atoms with E-state index in [1.54, 1.807) is 19.0 Å². The van der Waals surface area contributed by atoms with Crippen molar-refractivity contribution in [2.75, 3.05) is 50.1 Å². The molecule has 4 rings (SSSR count). The number of fused-ring (bicyclic) bond motifs is 1. The number of hydrogen-bond donors (Lipinski definition) is 1. The Morgan fingerprint density at radius 1 is 1.12 bits per heavy atom. The van der Waals surface area contributed by atoms with Gasteiger partial charge in [0.05, 0.1) is 11.9 Å². The summed E-state index contributed by atoms with van der Waals surface area (Å²) in [7, 11) is 3.29. The van der Waals surface area contributed by atoms with Gasteiger partial charge in [-0.1, -0.05) is 0 Å². The largest absolute Gasteiger partial charge is 0.433 e. The highest BCUT2D eigenvalue weighted by molar-refractivity contribution is 7.18. The van der Waals surface area contributed by atoms with Crippen LogP contribution in [0.15, 0.2) is 10.9 Å². The number of aryl methyl sites for hydroxylation is 2. The topological polar surface area (TPSA) is 81.2 Å². The second-order valence-electron chi connectivity index (χ2n) is 8.04. The molecule has 32 heavy (non-hydrogen) atoms. The maximum Gasteiger partial charge on any atom is 0.433 e. The molecule has 0 aliphatic carbocycles. The second-order valence-corrected chi connectivity index (χ2v) is 9.25. The van der Waals surface area contributed by atoms with E-state index in [0.29, 0.717) is 43.9 Å². The van der Waals surface area contributed by atoms with Gasteiger partial charge in [-0.3, -0.25) is 9.69 Å². The van der Waals surface area contributed by atoms with Crippen LogP contribution in [0.2, 0.25) is 0 Å². The first kappa shape index (κ1) is 22.5. The normalized spacial score (nSPS) is 15.5. The number of aromatic nitrogens is 4. The van der Waals surface area contributed by atoms with Gasteiger partial charge in [0, 0.05) is 51.2 Å². The van der Waals surface area contributed by atoms with Gasteiger partial charge in [0.15, 0.2) is 5.69 Å². The van der Waals surface area contributed by atoms with Gasteiger partial charge in [-0.2, -0.15) is 18.2 Å². The van der Waals surface area contributed by atoms with E-state index in [9.17, 15) is 18.0 Å². The minimum atomic E-state index is -4.54. The molecule has 0 spiro atoms.